The number of aromatic nitrogens is 3. The first kappa shape index (κ1) is 18.8. The zero-order valence-corrected chi connectivity index (χ0v) is 16.2. The lowest BCUT2D eigenvalue weighted by molar-refractivity contribution is 0.0946. The fourth-order valence-electron chi connectivity index (χ4n) is 3.73. The Morgan fingerprint density at radius 1 is 1.29 bits per heavy atom. The zero-order valence-electron chi connectivity index (χ0n) is 16.2. The SMILES string of the molecule is O=C(NCCCn1cccn1)c1c(OCC2CC2)cc(=O)n2c1CCCCC2. The molecule has 0 aromatic carbocycles. The summed E-state index contributed by atoms with van der Waals surface area (Å²) in [6.45, 7) is 2.57. The molecular weight excluding hydrogens is 356 g/mol. The van der Waals surface area contributed by atoms with Crippen molar-refractivity contribution >= 4 is 5.91 Å². The Morgan fingerprint density at radius 2 is 2.18 bits per heavy atom. The summed E-state index contributed by atoms with van der Waals surface area (Å²) in [5.41, 5.74) is 1.33. The maximum atomic E-state index is 13.1. The highest BCUT2D eigenvalue weighted by Gasteiger charge is 2.26. The Hall–Kier alpha value is -2.57. The van der Waals surface area contributed by atoms with Crippen molar-refractivity contribution in [2.45, 2.75) is 58.0 Å². The molecule has 1 aliphatic heterocycles. The van der Waals surface area contributed by atoms with E-state index >= 15 is 0 Å². The minimum atomic E-state index is -0.142. The molecule has 7 heteroatoms. The second kappa shape index (κ2) is 8.63. The molecule has 7 nitrogen and oxygen atoms in total. The first-order valence-electron chi connectivity index (χ1n) is 10.4. The normalized spacial score (nSPS) is 16.3. The van der Waals surface area contributed by atoms with Crippen LogP contribution in [0.15, 0.2) is 29.3 Å². The van der Waals surface area contributed by atoms with Gasteiger partial charge >= 0.3 is 0 Å². The molecule has 0 atom stereocenters. The van der Waals surface area contributed by atoms with Gasteiger partial charge in [-0.1, -0.05) is 6.42 Å². The van der Waals surface area contributed by atoms with Crippen LogP contribution in [0.4, 0.5) is 0 Å². The fraction of sp³-hybridized carbons (Fsp3) is 0.571. The summed E-state index contributed by atoms with van der Waals surface area (Å²) in [4.78, 5) is 25.7. The number of hydrogen-bond acceptors (Lipinski definition) is 4. The van der Waals surface area contributed by atoms with Gasteiger partial charge in [0, 0.05) is 43.8 Å². The van der Waals surface area contributed by atoms with Crippen LogP contribution in [0, 0.1) is 5.92 Å². The number of fused-ring (bicyclic) bond motifs is 1. The smallest absolute Gasteiger partial charge is 0.256 e. The number of pyridine rings is 1. The van der Waals surface area contributed by atoms with Crippen molar-refractivity contribution in [3.63, 3.8) is 0 Å². The molecule has 2 aromatic heterocycles. The number of amides is 1. The lowest BCUT2D eigenvalue weighted by Gasteiger charge is -2.18. The van der Waals surface area contributed by atoms with E-state index in [0.29, 0.717) is 36.9 Å². The average Bonchev–Trinajstić information content (AvgIpc) is 3.43. The van der Waals surface area contributed by atoms with E-state index in [1.807, 2.05) is 16.9 Å². The molecular formula is C21H28N4O3. The van der Waals surface area contributed by atoms with Crippen LogP contribution in [0.25, 0.3) is 0 Å². The van der Waals surface area contributed by atoms with E-state index in [-0.39, 0.29) is 11.5 Å². The molecule has 1 N–H and O–H groups in total. The fourth-order valence-corrected chi connectivity index (χ4v) is 3.73. The number of carbonyl (C=O) groups is 1. The average molecular weight is 384 g/mol. The molecule has 150 valence electrons. The second-order valence-electron chi connectivity index (χ2n) is 7.76. The highest BCUT2D eigenvalue weighted by molar-refractivity contribution is 5.98. The molecule has 0 unspecified atom stereocenters. The van der Waals surface area contributed by atoms with Crippen molar-refractivity contribution in [2.24, 2.45) is 5.92 Å². The summed E-state index contributed by atoms with van der Waals surface area (Å²) in [7, 11) is 0. The number of nitrogens with zero attached hydrogens (tertiary/aromatic N) is 3. The predicted molar refractivity (Wildman–Crippen MR) is 106 cm³/mol. The van der Waals surface area contributed by atoms with Gasteiger partial charge in [0.1, 0.15) is 11.3 Å². The molecule has 0 bridgehead atoms. The molecule has 4 rings (SSSR count). The van der Waals surface area contributed by atoms with Crippen molar-refractivity contribution in [3.8, 4) is 5.75 Å². The molecule has 2 aliphatic rings. The Labute approximate surface area is 164 Å². The first-order valence-corrected chi connectivity index (χ1v) is 10.4. The van der Waals surface area contributed by atoms with Gasteiger partial charge in [-0.25, -0.2) is 0 Å². The molecule has 1 fully saturated rings. The minimum absolute atomic E-state index is 0.0575. The topological polar surface area (TPSA) is 78.2 Å². The van der Waals surface area contributed by atoms with Crippen LogP contribution in [0.5, 0.6) is 5.75 Å². The summed E-state index contributed by atoms with van der Waals surface area (Å²) in [5.74, 6) is 0.873. The van der Waals surface area contributed by atoms with Gasteiger partial charge in [0.25, 0.3) is 11.5 Å². The van der Waals surface area contributed by atoms with Crippen molar-refractivity contribution < 1.29 is 9.53 Å². The highest BCUT2D eigenvalue weighted by Crippen LogP contribution is 2.31. The third kappa shape index (κ3) is 4.46. The molecule has 1 saturated carbocycles. The van der Waals surface area contributed by atoms with E-state index in [1.54, 1.807) is 10.8 Å². The lowest BCUT2D eigenvalue weighted by atomic mass is 10.1. The van der Waals surface area contributed by atoms with Crippen LogP contribution < -0.4 is 15.6 Å². The van der Waals surface area contributed by atoms with Crippen molar-refractivity contribution in [3.05, 3.63) is 46.1 Å². The number of rotatable bonds is 8. The summed E-state index contributed by atoms with van der Waals surface area (Å²) < 4.78 is 9.57. The number of hydrogen-bond donors (Lipinski definition) is 1. The summed E-state index contributed by atoms with van der Waals surface area (Å²) in [6.07, 6.45) is 10.6. The molecule has 28 heavy (non-hydrogen) atoms. The first-order chi connectivity index (χ1) is 13.7. The van der Waals surface area contributed by atoms with Crippen LogP contribution in [0.3, 0.4) is 0 Å². The molecule has 1 aliphatic carbocycles. The summed E-state index contributed by atoms with van der Waals surface area (Å²) in [5, 5.41) is 7.20. The zero-order chi connectivity index (χ0) is 19.3. The highest BCUT2D eigenvalue weighted by atomic mass is 16.5. The maximum absolute atomic E-state index is 13.1. The Morgan fingerprint density at radius 3 is 2.96 bits per heavy atom. The molecule has 1 amide bonds. The van der Waals surface area contributed by atoms with E-state index in [9.17, 15) is 9.59 Å². The monoisotopic (exact) mass is 384 g/mol. The molecule has 0 radical (unpaired) electrons. The maximum Gasteiger partial charge on any atom is 0.256 e. The van der Waals surface area contributed by atoms with Crippen LogP contribution in [-0.4, -0.2) is 33.4 Å². The minimum Gasteiger partial charge on any atom is -0.492 e. The van der Waals surface area contributed by atoms with Crippen LogP contribution in [0.2, 0.25) is 0 Å². The van der Waals surface area contributed by atoms with Crippen LogP contribution in [0.1, 0.15) is 54.6 Å². The number of nitrogens with one attached hydrogen (secondary N) is 1. The number of aryl methyl sites for hydroxylation is 1. The third-order valence-corrected chi connectivity index (χ3v) is 5.48. The van der Waals surface area contributed by atoms with E-state index in [4.69, 9.17) is 4.74 Å². The molecule has 2 aromatic rings. The Balaban J connectivity index is 1.51. The van der Waals surface area contributed by atoms with E-state index < -0.39 is 0 Å². The van der Waals surface area contributed by atoms with Gasteiger partial charge in [0.2, 0.25) is 0 Å². The summed E-state index contributed by atoms with van der Waals surface area (Å²) in [6, 6.07) is 3.40. The van der Waals surface area contributed by atoms with Crippen molar-refractivity contribution in [1.29, 1.82) is 0 Å². The largest absolute Gasteiger partial charge is 0.492 e. The second-order valence-corrected chi connectivity index (χ2v) is 7.76. The van der Waals surface area contributed by atoms with Gasteiger partial charge in [-0.3, -0.25) is 14.3 Å². The van der Waals surface area contributed by atoms with Crippen LogP contribution >= 0.6 is 0 Å². The lowest BCUT2D eigenvalue weighted by Crippen LogP contribution is -2.32. The summed E-state index contributed by atoms with van der Waals surface area (Å²) >= 11 is 0. The van der Waals surface area contributed by atoms with Crippen molar-refractivity contribution in [2.75, 3.05) is 13.2 Å². The Kier molecular flexibility index (Phi) is 5.78. The van der Waals surface area contributed by atoms with E-state index in [2.05, 4.69) is 10.4 Å². The molecule has 0 spiro atoms. The van der Waals surface area contributed by atoms with Crippen molar-refractivity contribution in [1.82, 2.24) is 19.7 Å². The van der Waals surface area contributed by atoms with E-state index in [0.717, 1.165) is 44.3 Å². The standard InChI is InChI=1S/C21H28N4O3/c26-19-14-18(28-15-16-7-8-16)20(17-6-2-1-3-13-25(17)19)21(27)22-9-4-11-24-12-5-10-23-24/h5,10,12,14,16H,1-4,6-9,11,13,15H2,(H,22,27). The third-order valence-electron chi connectivity index (χ3n) is 5.48. The number of carbonyl (C=O) groups excluding carboxylic acids is 1. The molecule has 3 heterocycles. The quantitative estimate of drug-likeness (QED) is 0.709. The number of ether oxygens (including phenoxy) is 1. The van der Waals surface area contributed by atoms with Gasteiger partial charge < -0.3 is 14.6 Å². The molecule has 0 saturated heterocycles. The Bertz CT molecular complexity index is 869. The predicted octanol–water partition coefficient (Wildman–Crippen LogP) is 2.38. The van der Waals surface area contributed by atoms with E-state index in [1.165, 1.54) is 18.9 Å². The van der Waals surface area contributed by atoms with Gasteiger partial charge in [-0.2, -0.15) is 5.10 Å². The van der Waals surface area contributed by atoms with Gasteiger partial charge in [-0.05, 0) is 50.5 Å². The van der Waals surface area contributed by atoms with Gasteiger partial charge in [-0.15, -0.1) is 0 Å². The van der Waals surface area contributed by atoms with Gasteiger partial charge in [0.15, 0.2) is 0 Å². The van der Waals surface area contributed by atoms with Gasteiger partial charge in [0.05, 0.1) is 6.61 Å². The van der Waals surface area contributed by atoms with Crippen LogP contribution in [-0.2, 0) is 19.5 Å².